The summed E-state index contributed by atoms with van der Waals surface area (Å²) in [4.78, 5) is 6.62. The zero-order valence-electron chi connectivity index (χ0n) is 5.65. The molecule has 0 unspecified atom stereocenters. The number of aromatic nitrogens is 2. The van der Waals surface area contributed by atoms with Crippen molar-refractivity contribution < 1.29 is 7.13 Å². The van der Waals surface area contributed by atoms with E-state index in [-0.39, 0.29) is 4.73 Å². The Hall–Kier alpha value is -0.510. The molecule has 0 N–H and O–H groups in total. The van der Waals surface area contributed by atoms with Crippen molar-refractivity contribution in [3.8, 4) is 0 Å². The van der Waals surface area contributed by atoms with Gasteiger partial charge in [-0.15, -0.1) is 0 Å². The van der Waals surface area contributed by atoms with Crippen LogP contribution >= 0.6 is 15.9 Å². The second kappa shape index (κ2) is 2.17. The van der Waals surface area contributed by atoms with Gasteiger partial charge in [0.2, 0.25) is 0 Å². The lowest BCUT2D eigenvalue weighted by Gasteiger charge is -1.83. The highest BCUT2D eigenvalue weighted by Gasteiger charge is 1.87. The van der Waals surface area contributed by atoms with Crippen LogP contribution < -0.4 is 0 Å². The third kappa shape index (κ3) is 1.23. The Balaban J connectivity index is 3.31. The van der Waals surface area contributed by atoms with Crippen molar-refractivity contribution >= 4 is 15.9 Å². The van der Waals surface area contributed by atoms with Crippen LogP contribution in [0.1, 0.15) is 2.74 Å². The molecular formula is C4H2BrFN2. The highest BCUT2D eigenvalue weighted by Crippen LogP contribution is 1.98. The van der Waals surface area contributed by atoms with Crippen molar-refractivity contribution in [3.05, 3.63) is 22.9 Å². The largest absolute Gasteiger partial charge is 0.228 e. The van der Waals surface area contributed by atoms with E-state index in [0.717, 1.165) is 0 Å². The predicted octanol–water partition coefficient (Wildman–Crippen LogP) is 1.38. The van der Waals surface area contributed by atoms with Gasteiger partial charge in [0.05, 0.1) is 15.1 Å². The van der Waals surface area contributed by atoms with Crippen molar-refractivity contribution in [1.29, 1.82) is 0 Å². The van der Waals surface area contributed by atoms with E-state index in [4.69, 9.17) is 2.74 Å². The molecule has 0 saturated carbocycles. The summed E-state index contributed by atoms with van der Waals surface area (Å²) in [6.07, 6.45) is -1.13. The molecule has 0 saturated heterocycles. The molecule has 1 aromatic rings. The summed E-state index contributed by atoms with van der Waals surface area (Å²) in [5, 5.41) is 0. The summed E-state index contributed by atoms with van der Waals surface area (Å²) in [5.74, 6) is -0.997. The first-order valence-electron chi connectivity index (χ1n) is 2.77. The molecule has 0 bridgehead atoms. The van der Waals surface area contributed by atoms with E-state index in [0.29, 0.717) is 0 Å². The molecule has 0 aliphatic carbocycles. The van der Waals surface area contributed by atoms with E-state index in [1.807, 2.05) is 0 Å². The summed E-state index contributed by atoms with van der Waals surface area (Å²) in [6, 6.07) is 0. The van der Waals surface area contributed by atoms with Crippen LogP contribution in [0.5, 0.6) is 0 Å². The van der Waals surface area contributed by atoms with Crippen LogP contribution in [0.3, 0.4) is 0 Å². The van der Waals surface area contributed by atoms with E-state index in [9.17, 15) is 4.39 Å². The van der Waals surface area contributed by atoms with E-state index in [1.54, 1.807) is 0 Å². The van der Waals surface area contributed by atoms with Gasteiger partial charge in [0.15, 0.2) is 10.6 Å². The van der Waals surface area contributed by atoms with E-state index >= 15 is 0 Å². The minimum atomic E-state index is -0.997. The molecule has 0 fully saturated rings. The second-order valence-electron chi connectivity index (χ2n) is 1.03. The number of halogens is 2. The van der Waals surface area contributed by atoms with Crippen LogP contribution in [0.15, 0.2) is 17.1 Å². The maximum absolute atomic E-state index is 12.4. The summed E-state index contributed by atoms with van der Waals surface area (Å²) < 4.78 is 26.1. The molecular weight excluding hydrogens is 175 g/mol. The first kappa shape index (κ1) is 3.50. The van der Waals surface area contributed by atoms with Crippen molar-refractivity contribution in [2.75, 3.05) is 0 Å². The number of rotatable bonds is 0. The maximum atomic E-state index is 12.4. The van der Waals surface area contributed by atoms with Crippen LogP contribution in [-0.4, -0.2) is 9.97 Å². The van der Waals surface area contributed by atoms with Gasteiger partial charge in [-0.25, -0.2) is 14.4 Å². The molecule has 8 heavy (non-hydrogen) atoms. The molecule has 0 aliphatic heterocycles. The maximum Gasteiger partial charge on any atom is 0.196 e. The topological polar surface area (TPSA) is 25.8 Å². The Morgan fingerprint density at radius 2 is 2.12 bits per heavy atom. The average molecular weight is 179 g/mol. The van der Waals surface area contributed by atoms with Gasteiger partial charge in [-0.3, -0.25) is 0 Å². The lowest BCUT2D eigenvalue weighted by Crippen LogP contribution is -1.81. The number of hydrogen-bond acceptors (Lipinski definition) is 2. The van der Waals surface area contributed by atoms with Crippen LogP contribution in [0.2, 0.25) is 0 Å². The van der Waals surface area contributed by atoms with Gasteiger partial charge in [0, 0.05) is 0 Å². The second-order valence-corrected chi connectivity index (χ2v) is 1.74. The van der Waals surface area contributed by atoms with E-state index in [2.05, 4.69) is 25.9 Å². The summed E-state index contributed by atoms with van der Waals surface area (Å²) in [6.45, 7) is 0. The molecule has 0 amide bonds. The first-order valence-corrected chi connectivity index (χ1v) is 2.57. The van der Waals surface area contributed by atoms with E-state index in [1.165, 1.54) is 0 Å². The molecule has 1 rings (SSSR count). The zero-order valence-corrected chi connectivity index (χ0v) is 5.24. The number of hydrogen-bond donors (Lipinski definition) is 0. The van der Waals surface area contributed by atoms with Crippen LogP contribution in [0.4, 0.5) is 4.39 Å². The van der Waals surface area contributed by atoms with Gasteiger partial charge < -0.3 is 0 Å². The predicted molar refractivity (Wildman–Crippen MR) is 29.7 cm³/mol. The molecule has 0 aromatic carbocycles. The molecule has 2 nitrogen and oxygen atoms in total. The molecule has 0 radical (unpaired) electrons. The van der Waals surface area contributed by atoms with Gasteiger partial charge in [-0.2, -0.15) is 0 Å². The molecule has 1 aromatic heterocycles. The Bertz CT molecular complexity index is 244. The molecule has 0 atom stereocenters. The normalized spacial score (nSPS) is 12.8. The van der Waals surface area contributed by atoms with Gasteiger partial charge in [0.1, 0.15) is 0 Å². The Kier molecular flexibility index (Phi) is 0.951. The van der Waals surface area contributed by atoms with Crippen molar-refractivity contribution in [2.24, 2.45) is 0 Å². The Morgan fingerprint density at radius 1 is 1.62 bits per heavy atom. The summed E-state index contributed by atoms with van der Waals surface area (Å²) >= 11 is 2.82. The monoisotopic (exact) mass is 178 g/mol. The zero-order chi connectivity index (χ0) is 7.72. The van der Waals surface area contributed by atoms with Crippen molar-refractivity contribution in [1.82, 2.24) is 9.97 Å². The quantitative estimate of drug-likeness (QED) is 0.562. The fourth-order valence-electron chi connectivity index (χ4n) is 0.240. The number of nitrogens with zero attached hydrogens (tertiary/aromatic N) is 2. The first-order chi connectivity index (χ1) is 4.61. The SMILES string of the molecule is [2H]c1nc(Br)nc([2H])c1F. The average Bonchev–Trinajstić information content (AvgIpc) is 1.82. The van der Waals surface area contributed by atoms with Gasteiger partial charge in [0.25, 0.3) is 0 Å². The lowest BCUT2D eigenvalue weighted by atomic mass is 10.7. The minimum absolute atomic E-state index is 0.0592. The third-order valence-electron chi connectivity index (χ3n) is 0.493. The van der Waals surface area contributed by atoms with Crippen LogP contribution in [0, 0.1) is 5.82 Å². The molecule has 0 spiro atoms. The van der Waals surface area contributed by atoms with Crippen molar-refractivity contribution in [3.63, 3.8) is 0 Å². The lowest BCUT2D eigenvalue weighted by molar-refractivity contribution is 0.611. The highest BCUT2D eigenvalue weighted by molar-refractivity contribution is 9.10. The van der Waals surface area contributed by atoms with Crippen LogP contribution in [0.25, 0.3) is 0 Å². The summed E-state index contributed by atoms with van der Waals surface area (Å²) in [7, 11) is 0. The molecule has 0 aliphatic rings. The Labute approximate surface area is 56.7 Å². The minimum Gasteiger partial charge on any atom is -0.228 e. The standard InChI is InChI=1S/C4H2BrFN2/c5-4-7-1-3(6)2-8-4/h1-2H/i1D,2D. The van der Waals surface area contributed by atoms with E-state index < -0.39 is 18.2 Å². The molecule has 4 heteroatoms. The molecule has 42 valence electrons. The van der Waals surface area contributed by atoms with Gasteiger partial charge in [-0.1, -0.05) is 0 Å². The van der Waals surface area contributed by atoms with Crippen LogP contribution in [-0.2, 0) is 0 Å². The van der Waals surface area contributed by atoms with Crippen molar-refractivity contribution in [2.45, 2.75) is 0 Å². The smallest absolute Gasteiger partial charge is 0.196 e. The fraction of sp³-hybridized carbons (Fsp3) is 0. The Morgan fingerprint density at radius 3 is 2.62 bits per heavy atom. The summed E-state index contributed by atoms with van der Waals surface area (Å²) in [5.41, 5.74) is 0. The highest BCUT2D eigenvalue weighted by atomic mass is 79.9. The fourth-order valence-corrected chi connectivity index (χ4v) is 0.418. The third-order valence-corrected chi connectivity index (χ3v) is 0.847. The van der Waals surface area contributed by atoms with Gasteiger partial charge >= 0.3 is 0 Å². The molecule has 1 heterocycles. The van der Waals surface area contributed by atoms with Gasteiger partial charge in [-0.05, 0) is 15.9 Å².